The van der Waals surface area contributed by atoms with Crippen molar-refractivity contribution in [3.8, 4) is 0 Å². The molecular weight excluding hydrogens is 302 g/mol. The Hall–Kier alpha value is -2.79. The molecule has 3 N–H and O–H groups in total. The van der Waals surface area contributed by atoms with E-state index in [1.54, 1.807) is 18.2 Å². The number of nitrogen functional groups attached to an aromatic ring is 1. The summed E-state index contributed by atoms with van der Waals surface area (Å²) < 4.78 is 5.16. The maximum atomic E-state index is 13.1. The van der Waals surface area contributed by atoms with Crippen molar-refractivity contribution < 1.29 is 9.53 Å². The van der Waals surface area contributed by atoms with Gasteiger partial charge in [0.05, 0.1) is 12.2 Å². The average Bonchev–Trinajstić information content (AvgIpc) is 3.02. The highest BCUT2D eigenvalue weighted by atomic mass is 16.5. The van der Waals surface area contributed by atoms with Crippen LogP contribution in [0.1, 0.15) is 15.9 Å². The van der Waals surface area contributed by atoms with Crippen molar-refractivity contribution in [3.63, 3.8) is 0 Å². The van der Waals surface area contributed by atoms with Crippen LogP contribution >= 0.6 is 0 Å². The lowest BCUT2D eigenvalue weighted by Gasteiger charge is -2.22. The molecule has 0 aliphatic carbocycles. The molecule has 24 heavy (non-hydrogen) atoms. The summed E-state index contributed by atoms with van der Waals surface area (Å²) in [6.45, 7) is 1.56. The fourth-order valence-corrected chi connectivity index (χ4v) is 2.74. The highest BCUT2D eigenvalue weighted by molar-refractivity contribution is 6.07. The number of carbonyl (C=O) groups excluding carboxylic acids is 1. The molecule has 3 aromatic rings. The molecule has 0 atom stereocenters. The first-order chi connectivity index (χ1) is 11.7. The number of rotatable bonds is 6. The Labute approximate surface area is 141 Å². The number of fused-ring (bicyclic) bond motifs is 1. The minimum Gasteiger partial charge on any atom is -0.399 e. The van der Waals surface area contributed by atoms with E-state index in [9.17, 15) is 4.79 Å². The second kappa shape index (κ2) is 7.19. The van der Waals surface area contributed by atoms with Crippen LogP contribution in [0.4, 0.5) is 5.69 Å². The van der Waals surface area contributed by atoms with Gasteiger partial charge in [-0.1, -0.05) is 30.3 Å². The Morgan fingerprint density at radius 1 is 1.21 bits per heavy atom. The fraction of sp³-hybridized carbons (Fsp3) is 0.211. The van der Waals surface area contributed by atoms with Crippen LogP contribution in [0.2, 0.25) is 0 Å². The van der Waals surface area contributed by atoms with E-state index in [-0.39, 0.29) is 5.91 Å². The third kappa shape index (κ3) is 3.41. The molecule has 0 aliphatic rings. The molecule has 0 saturated carbocycles. The number of aromatic nitrogens is 1. The summed E-state index contributed by atoms with van der Waals surface area (Å²) in [4.78, 5) is 18.0. The number of benzene rings is 2. The predicted molar refractivity (Wildman–Crippen MR) is 95.8 cm³/mol. The van der Waals surface area contributed by atoms with Crippen LogP contribution in [-0.4, -0.2) is 36.1 Å². The third-order valence-corrected chi connectivity index (χ3v) is 4.01. The van der Waals surface area contributed by atoms with E-state index in [0.717, 1.165) is 16.5 Å². The number of nitrogens with two attached hydrogens (primary N) is 1. The highest BCUT2D eigenvalue weighted by Gasteiger charge is 2.19. The lowest BCUT2D eigenvalue weighted by Crippen LogP contribution is -2.33. The summed E-state index contributed by atoms with van der Waals surface area (Å²) >= 11 is 0. The van der Waals surface area contributed by atoms with Crippen LogP contribution in [0.5, 0.6) is 0 Å². The van der Waals surface area contributed by atoms with Crippen LogP contribution in [0.3, 0.4) is 0 Å². The van der Waals surface area contributed by atoms with Gasteiger partial charge in [-0.2, -0.15) is 0 Å². The van der Waals surface area contributed by atoms with Crippen molar-refractivity contribution in [1.29, 1.82) is 0 Å². The van der Waals surface area contributed by atoms with Gasteiger partial charge in [0, 0.05) is 43.0 Å². The van der Waals surface area contributed by atoms with Gasteiger partial charge in [0.25, 0.3) is 5.91 Å². The van der Waals surface area contributed by atoms with Crippen LogP contribution in [0.15, 0.2) is 54.7 Å². The van der Waals surface area contributed by atoms with E-state index < -0.39 is 0 Å². The maximum absolute atomic E-state index is 13.1. The monoisotopic (exact) mass is 323 g/mol. The molecule has 5 heteroatoms. The number of hydrogen-bond donors (Lipinski definition) is 2. The quantitative estimate of drug-likeness (QED) is 0.685. The molecule has 3 rings (SSSR count). The van der Waals surface area contributed by atoms with E-state index in [0.29, 0.717) is 30.9 Å². The van der Waals surface area contributed by atoms with Crippen LogP contribution in [0.25, 0.3) is 10.9 Å². The predicted octanol–water partition coefficient (Wildman–Crippen LogP) is 3.04. The molecule has 2 aromatic carbocycles. The van der Waals surface area contributed by atoms with Crippen LogP contribution in [-0.2, 0) is 11.3 Å². The summed E-state index contributed by atoms with van der Waals surface area (Å²) in [6, 6.07) is 15.5. The lowest BCUT2D eigenvalue weighted by atomic mass is 10.1. The van der Waals surface area contributed by atoms with Gasteiger partial charge in [-0.25, -0.2) is 0 Å². The number of methoxy groups -OCH3 is 1. The number of nitrogens with one attached hydrogen (secondary N) is 1. The van der Waals surface area contributed by atoms with Crippen molar-refractivity contribution in [2.24, 2.45) is 0 Å². The molecule has 0 radical (unpaired) electrons. The first-order valence-corrected chi connectivity index (χ1v) is 7.88. The van der Waals surface area contributed by atoms with E-state index in [4.69, 9.17) is 10.5 Å². The molecule has 124 valence electrons. The second-order valence-electron chi connectivity index (χ2n) is 5.71. The van der Waals surface area contributed by atoms with Crippen molar-refractivity contribution in [2.75, 3.05) is 26.0 Å². The minimum atomic E-state index is -0.0345. The first kappa shape index (κ1) is 16.1. The number of amides is 1. The molecule has 0 spiro atoms. The molecule has 1 amide bonds. The standard InChI is InChI=1S/C19H21N3O2/c1-24-10-9-22(13-14-5-3-2-4-6-14)19(23)17-12-21-18-8-7-15(20)11-16(17)18/h2-8,11-12,21H,9-10,13,20H2,1H3. The van der Waals surface area contributed by atoms with Gasteiger partial charge in [-0.3, -0.25) is 4.79 Å². The molecule has 0 saturated heterocycles. The molecule has 1 aromatic heterocycles. The topological polar surface area (TPSA) is 71.3 Å². The largest absolute Gasteiger partial charge is 0.399 e. The normalized spacial score (nSPS) is 10.9. The molecule has 0 aliphatic heterocycles. The zero-order chi connectivity index (χ0) is 16.9. The lowest BCUT2D eigenvalue weighted by molar-refractivity contribution is 0.0682. The summed E-state index contributed by atoms with van der Waals surface area (Å²) in [5.41, 5.74) is 9.13. The van der Waals surface area contributed by atoms with Gasteiger partial charge in [0.2, 0.25) is 0 Å². The Bertz CT molecular complexity index is 827. The van der Waals surface area contributed by atoms with E-state index >= 15 is 0 Å². The van der Waals surface area contributed by atoms with Crippen molar-refractivity contribution in [1.82, 2.24) is 9.88 Å². The zero-order valence-corrected chi connectivity index (χ0v) is 13.7. The van der Waals surface area contributed by atoms with E-state index in [1.807, 2.05) is 48.5 Å². The summed E-state index contributed by atoms with van der Waals surface area (Å²) in [6.07, 6.45) is 1.75. The van der Waals surface area contributed by atoms with E-state index in [1.165, 1.54) is 0 Å². The second-order valence-corrected chi connectivity index (χ2v) is 5.71. The Kier molecular flexibility index (Phi) is 4.82. The van der Waals surface area contributed by atoms with Gasteiger partial charge in [-0.15, -0.1) is 0 Å². The smallest absolute Gasteiger partial charge is 0.256 e. The van der Waals surface area contributed by atoms with Crippen molar-refractivity contribution in [2.45, 2.75) is 6.54 Å². The van der Waals surface area contributed by atoms with Gasteiger partial charge >= 0.3 is 0 Å². The SMILES string of the molecule is COCCN(Cc1ccccc1)C(=O)c1c[nH]c2ccc(N)cc12. The summed E-state index contributed by atoms with van der Waals surface area (Å²) in [7, 11) is 1.64. The van der Waals surface area contributed by atoms with E-state index in [2.05, 4.69) is 4.98 Å². The summed E-state index contributed by atoms with van der Waals surface area (Å²) in [5.74, 6) is -0.0345. The number of nitrogens with zero attached hydrogens (tertiary/aromatic N) is 1. The number of carbonyl (C=O) groups is 1. The van der Waals surface area contributed by atoms with Crippen LogP contribution in [0, 0.1) is 0 Å². The Balaban J connectivity index is 1.90. The number of aromatic amines is 1. The third-order valence-electron chi connectivity index (χ3n) is 4.01. The van der Waals surface area contributed by atoms with Gasteiger partial charge in [0.15, 0.2) is 0 Å². The van der Waals surface area contributed by atoms with Crippen LogP contribution < -0.4 is 5.73 Å². The number of hydrogen-bond acceptors (Lipinski definition) is 3. The highest BCUT2D eigenvalue weighted by Crippen LogP contribution is 2.23. The first-order valence-electron chi connectivity index (χ1n) is 7.88. The number of anilines is 1. The average molecular weight is 323 g/mol. The van der Waals surface area contributed by atoms with Crippen molar-refractivity contribution in [3.05, 3.63) is 65.9 Å². The molecule has 5 nitrogen and oxygen atoms in total. The molecule has 0 unspecified atom stereocenters. The molecule has 0 fully saturated rings. The van der Waals surface area contributed by atoms with Crippen molar-refractivity contribution >= 4 is 22.5 Å². The molecular formula is C19H21N3O2. The molecule has 1 heterocycles. The zero-order valence-electron chi connectivity index (χ0n) is 13.7. The molecule has 0 bridgehead atoms. The van der Waals surface area contributed by atoms with Gasteiger partial charge in [0.1, 0.15) is 0 Å². The summed E-state index contributed by atoms with van der Waals surface area (Å²) in [5, 5.41) is 0.843. The van der Waals surface area contributed by atoms with Gasteiger partial charge in [-0.05, 0) is 23.8 Å². The number of ether oxygens (including phenoxy) is 1. The fourth-order valence-electron chi connectivity index (χ4n) is 2.74. The maximum Gasteiger partial charge on any atom is 0.256 e. The van der Waals surface area contributed by atoms with Gasteiger partial charge < -0.3 is 20.4 Å². The Morgan fingerprint density at radius 3 is 2.75 bits per heavy atom. The minimum absolute atomic E-state index is 0.0345. The number of H-pyrrole nitrogens is 1. The Morgan fingerprint density at radius 2 is 2.00 bits per heavy atom.